The average Bonchev–Trinajstić information content (AvgIpc) is 3.16. The van der Waals surface area contributed by atoms with Gasteiger partial charge in [0.1, 0.15) is 5.75 Å². The Kier molecular flexibility index (Phi) is 4.70. The molecule has 6 heteroatoms. The van der Waals surface area contributed by atoms with Crippen LogP contribution < -0.4 is 9.47 Å². The molecular formula is C21H19N3O3. The Balaban J connectivity index is 1.64. The Morgan fingerprint density at radius 1 is 0.963 bits per heavy atom. The van der Waals surface area contributed by atoms with Crippen molar-refractivity contribution >= 4 is 10.9 Å². The topological polar surface area (TPSA) is 70.3 Å². The SMILES string of the molecule is CCOc1nc2cc(C)ccc2cc1-c1noc(COc2ccccc2)n1. The summed E-state index contributed by atoms with van der Waals surface area (Å²) in [6, 6.07) is 17.6. The molecule has 6 nitrogen and oxygen atoms in total. The highest BCUT2D eigenvalue weighted by Crippen LogP contribution is 2.30. The van der Waals surface area contributed by atoms with Crippen molar-refractivity contribution in [1.29, 1.82) is 0 Å². The summed E-state index contributed by atoms with van der Waals surface area (Å²) in [7, 11) is 0. The van der Waals surface area contributed by atoms with Crippen LogP contribution in [0.2, 0.25) is 0 Å². The van der Waals surface area contributed by atoms with Crippen molar-refractivity contribution in [3.63, 3.8) is 0 Å². The molecule has 0 bridgehead atoms. The van der Waals surface area contributed by atoms with E-state index in [1.165, 1.54) is 0 Å². The van der Waals surface area contributed by atoms with E-state index in [0.29, 0.717) is 29.8 Å². The van der Waals surface area contributed by atoms with Crippen molar-refractivity contribution in [2.75, 3.05) is 6.61 Å². The molecule has 0 saturated carbocycles. The van der Waals surface area contributed by atoms with Crippen LogP contribution >= 0.6 is 0 Å². The number of benzene rings is 2. The third-order valence-electron chi connectivity index (χ3n) is 4.03. The van der Waals surface area contributed by atoms with Crippen LogP contribution in [0, 0.1) is 6.92 Å². The van der Waals surface area contributed by atoms with Gasteiger partial charge in [0.25, 0.3) is 5.89 Å². The van der Waals surface area contributed by atoms with Crippen LogP contribution in [0.25, 0.3) is 22.3 Å². The normalized spacial score (nSPS) is 10.9. The molecule has 27 heavy (non-hydrogen) atoms. The second-order valence-electron chi connectivity index (χ2n) is 6.08. The van der Waals surface area contributed by atoms with Gasteiger partial charge in [-0.25, -0.2) is 4.98 Å². The van der Waals surface area contributed by atoms with Gasteiger partial charge in [0, 0.05) is 5.39 Å². The highest BCUT2D eigenvalue weighted by atomic mass is 16.5. The Labute approximate surface area is 156 Å². The van der Waals surface area contributed by atoms with Crippen molar-refractivity contribution in [1.82, 2.24) is 15.1 Å². The van der Waals surface area contributed by atoms with Crippen LogP contribution in [0.15, 0.2) is 59.1 Å². The molecule has 0 aliphatic carbocycles. The van der Waals surface area contributed by atoms with Gasteiger partial charge in [0.2, 0.25) is 11.7 Å². The second kappa shape index (κ2) is 7.45. The molecule has 4 rings (SSSR count). The number of pyridine rings is 1. The zero-order valence-corrected chi connectivity index (χ0v) is 15.2. The Hall–Kier alpha value is -3.41. The molecule has 0 aliphatic rings. The maximum Gasteiger partial charge on any atom is 0.264 e. The first-order chi connectivity index (χ1) is 13.2. The standard InChI is InChI=1S/C21H19N3O3/c1-3-25-21-17(12-15-10-9-14(2)11-18(15)22-21)20-23-19(27-24-20)13-26-16-7-5-4-6-8-16/h4-12H,3,13H2,1-2H3. The largest absolute Gasteiger partial charge is 0.484 e. The lowest BCUT2D eigenvalue weighted by Gasteiger charge is -2.08. The van der Waals surface area contributed by atoms with Crippen LogP contribution in [0.4, 0.5) is 0 Å². The van der Waals surface area contributed by atoms with E-state index in [0.717, 1.165) is 22.2 Å². The predicted molar refractivity (Wildman–Crippen MR) is 102 cm³/mol. The van der Waals surface area contributed by atoms with Crippen LogP contribution in [-0.2, 0) is 6.61 Å². The summed E-state index contributed by atoms with van der Waals surface area (Å²) >= 11 is 0. The molecule has 0 spiro atoms. The minimum absolute atomic E-state index is 0.196. The van der Waals surface area contributed by atoms with Gasteiger partial charge in [-0.05, 0) is 43.7 Å². The van der Waals surface area contributed by atoms with Gasteiger partial charge in [-0.1, -0.05) is 35.5 Å². The van der Waals surface area contributed by atoms with Crippen molar-refractivity contribution in [3.8, 4) is 23.0 Å². The molecule has 0 fully saturated rings. The van der Waals surface area contributed by atoms with Crippen molar-refractivity contribution in [2.24, 2.45) is 0 Å². The van der Waals surface area contributed by atoms with E-state index in [4.69, 9.17) is 14.0 Å². The van der Waals surface area contributed by atoms with E-state index < -0.39 is 0 Å². The first kappa shape index (κ1) is 17.0. The fraction of sp³-hybridized carbons (Fsp3) is 0.190. The third-order valence-corrected chi connectivity index (χ3v) is 4.03. The van der Waals surface area contributed by atoms with Gasteiger partial charge in [0.15, 0.2) is 6.61 Å². The van der Waals surface area contributed by atoms with Crippen molar-refractivity contribution in [2.45, 2.75) is 20.5 Å². The molecule has 0 unspecified atom stereocenters. The molecule has 0 atom stereocenters. The number of nitrogens with zero attached hydrogens (tertiary/aromatic N) is 3. The highest BCUT2D eigenvalue weighted by Gasteiger charge is 2.17. The van der Waals surface area contributed by atoms with Gasteiger partial charge in [-0.2, -0.15) is 4.98 Å². The lowest BCUT2D eigenvalue weighted by atomic mass is 10.1. The lowest BCUT2D eigenvalue weighted by Crippen LogP contribution is -1.99. The summed E-state index contributed by atoms with van der Waals surface area (Å²) in [5.74, 6) is 2.06. The highest BCUT2D eigenvalue weighted by molar-refractivity contribution is 5.85. The third kappa shape index (κ3) is 3.74. The number of aromatic nitrogens is 3. The molecule has 136 valence electrons. The molecule has 0 amide bonds. The summed E-state index contributed by atoms with van der Waals surface area (Å²) in [6.07, 6.45) is 0. The molecule has 0 saturated heterocycles. The average molecular weight is 361 g/mol. The summed E-state index contributed by atoms with van der Waals surface area (Å²) in [4.78, 5) is 9.07. The molecule has 4 aromatic rings. The van der Waals surface area contributed by atoms with Gasteiger partial charge in [-0.15, -0.1) is 0 Å². The molecule has 2 heterocycles. The molecule has 0 radical (unpaired) electrons. The van der Waals surface area contributed by atoms with Crippen LogP contribution in [0.1, 0.15) is 18.4 Å². The van der Waals surface area contributed by atoms with Crippen molar-refractivity contribution < 1.29 is 14.0 Å². The number of hydrogen-bond donors (Lipinski definition) is 0. The number of ether oxygens (including phenoxy) is 2. The molecule has 2 aromatic heterocycles. The molecule has 0 aliphatic heterocycles. The van der Waals surface area contributed by atoms with Gasteiger partial charge < -0.3 is 14.0 Å². The maximum atomic E-state index is 5.71. The summed E-state index contributed by atoms with van der Waals surface area (Å²) in [5, 5.41) is 5.07. The molecule has 0 N–H and O–H groups in total. The molecule has 2 aromatic carbocycles. The fourth-order valence-electron chi connectivity index (χ4n) is 2.75. The second-order valence-corrected chi connectivity index (χ2v) is 6.08. The monoisotopic (exact) mass is 361 g/mol. The van der Waals surface area contributed by atoms with Crippen molar-refractivity contribution in [3.05, 3.63) is 66.1 Å². The summed E-state index contributed by atoms with van der Waals surface area (Å²) in [5.41, 5.74) is 2.71. The minimum Gasteiger partial charge on any atom is -0.484 e. The van der Waals surface area contributed by atoms with Gasteiger partial charge in [-0.3, -0.25) is 0 Å². The number of aryl methyl sites for hydroxylation is 1. The number of hydrogen-bond acceptors (Lipinski definition) is 6. The number of para-hydroxylation sites is 1. The van der Waals surface area contributed by atoms with Crippen LogP contribution in [0.3, 0.4) is 0 Å². The smallest absolute Gasteiger partial charge is 0.264 e. The van der Waals surface area contributed by atoms with E-state index in [1.54, 1.807) is 0 Å². The quantitative estimate of drug-likeness (QED) is 0.501. The van der Waals surface area contributed by atoms with E-state index in [2.05, 4.69) is 15.1 Å². The van der Waals surface area contributed by atoms with E-state index in [-0.39, 0.29) is 6.61 Å². The predicted octanol–water partition coefficient (Wildman–Crippen LogP) is 4.57. The summed E-state index contributed by atoms with van der Waals surface area (Å²) in [6.45, 7) is 4.65. The van der Waals surface area contributed by atoms with Gasteiger partial charge >= 0.3 is 0 Å². The first-order valence-corrected chi connectivity index (χ1v) is 8.78. The van der Waals surface area contributed by atoms with E-state index in [9.17, 15) is 0 Å². The zero-order chi connectivity index (χ0) is 18.6. The molecular weight excluding hydrogens is 342 g/mol. The fourth-order valence-corrected chi connectivity index (χ4v) is 2.75. The Morgan fingerprint density at radius 3 is 2.63 bits per heavy atom. The lowest BCUT2D eigenvalue weighted by molar-refractivity contribution is 0.243. The maximum absolute atomic E-state index is 5.71. The van der Waals surface area contributed by atoms with E-state index >= 15 is 0 Å². The first-order valence-electron chi connectivity index (χ1n) is 8.78. The summed E-state index contributed by atoms with van der Waals surface area (Å²) < 4.78 is 16.7. The minimum atomic E-state index is 0.196. The van der Waals surface area contributed by atoms with Gasteiger partial charge in [0.05, 0.1) is 17.7 Å². The number of fused-ring (bicyclic) bond motifs is 1. The number of rotatable bonds is 6. The van der Waals surface area contributed by atoms with Crippen LogP contribution in [-0.4, -0.2) is 21.7 Å². The van der Waals surface area contributed by atoms with Crippen LogP contribution in [0.5, 0.6) is 11.6 Å². The Morgan fingerprint density at radius 2 is 1.81 bits per heavy atom. The van der Waals surface area contributed by atoms with E-state index in [1.807, 2.05) is 68.4 Å². The zero-order valence-electron chi connectivity index (χ0n) is 15.2. The Bertz CT molecular complexity index is 1060.